The van der Waals surface area contributed by atoms with Crippen LogP contribution in [0.5, 0.6) is 0 Å². The summed E-state index contributed by atoms with van der Waals surface area (Å²) in [6.45, 7) is 0.314. The van der Waals surface area contributed by atoms with Crippen LogP contribution in [-0.2, 0) is 6.54 Å². The zero-order valence-electron chi connectivity index (χ0n) is 13.7. The molecule has 26 heavy (non-hydrogen) atoms. The summed E-state index contributed by atoms with van der Waals surface area (Å²) in [5.74, 6) is -0.307. The van der Waals surface area contributed by atoms with Gasteiger partial charge >= 0.3 is 0 Å². The van der Waals surface area contributed by atoms with Gasteiger partial charge in [0.2, 0.25) is 0 Å². The lowest BCUT2D eigenvalue weighted by Crippen LogP contribution is -2.32. The molecule has 0 radical (unpaired) electrons. The molecule has 0 aliphatic carbocycles. The number of nitrogens with one attached hydrogen (secondary N) is 1. The molecule has 0 saturated heterocycles. The molecule has 3 aromatic heterocycles. The number of fused-ring (bicyclic) bond motifs is 1. The maximum Gasteiger partial charge on any atom is 0.279 e. The Kier molecular flexibility index (Phi) is 4.03. The van der Waals surface area contributed by atoms with Crippen molar-refractivity contribution in [1.82, 2.24) is 19.6 Å². The van der Waals surface area contributed by atoms with Crippen LogP contribution in [0.25, 0.3) is 5.65 Å². The number of aromatic amines is 1. The van der Waals surface area contributed by atoms with Crippen molar-refractivity contribution in [2.24, 2.45) is 0 Å². The van der Waals surface area contributed by atoms with Crippen molar-refractivity contribution in [2.45, 2.75) is 6.54 Å². The van der Waals surface area contributed by atoms with Gasteiger partial charge in [0.25, 0.3) is 11.5 Å². The average molecular weight is 345 g/mol. The molecule has 1 aromatic carbocycles. The number of hydrogen-bond donors (Lipinski definition) is 1. The first-order valence-corrected chi connectivity index (χ1v) is 8.06. The molecular formula is C19H15N5O2. The van der Waals surface area contributed by atoms with Crippen LogP contribution < -0.4 is 10.5 Å². The molecule has 0 aliphatic heterocycles. The summed E-state index contributed by atoms with van der Waals surface area (Å²) in [7, 11) is 0. The van der Waals surface area contributed by atoms with E-state index in [2.05, 4.69) is 15.2 Å². The van der Waals surface area contributed by atoms with E-state index >= 15 is 0 Å². The lowest BCUT2D eigenvalue weighted by Gasteiger charge is -2.22. The van der Waals surface area contributed by atoms with E-state index in [4.69, 9.17) is 0 Å². The number of carbonyl (C=O) groups is 1. The number of hydrogen-bond acceptors (Lipinski definition) is 4. The minimum atomic E-state index is -0.352. The Bertz CT molecular complexity index is 1100. The number of amides is 1. The van der Waals surface area contributed by atoms with E-state index in [1.54, 1.807) is 11.1 Å². The maximum atomic E-state index is 13.0. The van der Waals surface area contributed by atoms with E-state index in [1.807, 2.05) is 59.1 Å². The van der Waals surface area contributed by atoms with Crippen LogP contribution in [0.2, 0.25) is 0 Å². The first kappa shape index (κ1) is 15.8. The number of benzene rings is 1. The van der Waals surface area contributed by atoms with Crippen molar-refractivity contribution in [3.05, 3.63) is 94.8 Å². The third-order valence-corrected chi connectivity index (χ3v) is 4.03. The zero-order valence-corrected chi connectivity index (χ0v) is 13.7. The number of para-hydroxylation sites is 1. The summed E-state index contributed by atoms with van der Waals surface area (Å²) in [5.41, 5.74) is 2.22. The molecule has 4 rings (SSSR count). The van der Waals surface area contributed by atoms with Crippen LogP contribution >= 0.6 is 0 Å². The number of imidazole rings is 1. The van der Waals surface area contributed by atoms with Gasteiger partial charge < -0.3 is 9.30 Å². The minimum absolute atomic E-state index is 0.169. The maximum absolute atomic E-state index is 13.0. The second-order valence-electron chi connectivity index (χ2n) is 5.71. The van der Waals surface area contributed by atoms with Crippen LogP contribution in [-0.4, -0.2) is 25.5 Å². The fourth-order valence-corrected chi connectivity index (χ4v) is 2.75. The van der Waals surface area contributed by atoms with Crippen molar-refractivity contribution >= 4 is 17.2 Å². The van der Waals surface area contributed by atoms with Crippen molar-refractivity contribution in [3.63, 3.8) is 0 Å². The highest BCUT2D eigenvalue weighted by Gasteiger charge is 2.21. The molecule has 7 heteroatoms. The first-order chi connectivity index (χ1) is 12.7. The number of H-pyrrole nitrogens is 1. The van der Waals surface area contributed by atoms with Gasteiger partial charge in [-0.1, -0.05) is 24.3 Å². The van der Waals surface area contributed by atoms with E-state index in [0.29, 0.717) is 6.54 Å². The van der Waals surface area contributed by atoms with E-state index in [0.717, 1.165) is 17.0 Å². The molecule has 0 fully saturated rings. The van der Waals surface area contributed by atoms with Crippen LogP contribution in [0.1, 0.15) is 16.2 Å². The summed E-state index contributed by atoms with van der Waals surface area (Å²) in [5, 5.41) is 6.17. The SMILES string of the molecule is O=C(c1ccc(=O)[nH]n1)N(Cc1cnc2ccccn12)c1ccccc1. The van der Waals surface area contributed by atoms with Crippen molar-refractivity contribution < 1.29 is 4.79 Å². The van der Waals surface area contributed by atoms with Crippen LogP contribution in [0.3, 0.4) is 0 Å². The van der Waals surface area contributed by atoms with E-state index in [1.165, 1.54) is 12.1 Å². The van der Waals surface area contributed by atoms with Crippen molar-refractivity contribution in [1.29, 1.82) is 0 Å². The molecule has 4 aromatic rings. The zero-order chi connectivity index (χ0) is 17.9. The molecule has 1 amide bonds. The summed E-state index contributed by atoms with van der Waals surface area (Å²) in [6.07, 6.45) is 3.66. The second kappa shape index (κ2) is 6.64. The second-order valence-corrected chi connectivity index (χ2v) is 5.71. The van der Waals surface area contributed by atoms with Gasteiger partial charge in [0.15, 0.2) is 0 Å². The Balaban J connectivity index is 1.75. The summed E-state index contributed by atoms with van der Waals surface area (Å²) in [6, 6.07) is 17.8. The Morgan fingerprint density at radius 3 is 2.62 bits per heavy atom. The summed E-state index contributed by atoms with van der Waals surface area (Å²) in [4.78, 5) is 30.2. The quantitative estimate of drug-likeness (QED) is 0.615. The smallest absolute Gasteiger partial charge is 0.279 e. The van der Waals surface area contributed by atoms with E-state index < -0.39 is 0 Å². The topological polar surface area (TPSA) is 83.4 Å². The number of aromatic nitrogens is 4. The predicted molar refractivity (Wildman–Crippen MR) is 97.0 cm³/mol. The predicted octanol–water partition coefficient (Wildman–Crippen LogP) is 2.26. The van der Waals surface area contributed by atoms with E-state index in [-0.39, 0.29) is 17.2 Å². The van der Waals surface area contributed by atoms with Gasteiger partial charge in [0, 0.05) is 18.0 Å². The Labute approximate surface area is 148 Å². The van der Waals surface area contributed by atoms with E-state index in [9.17, 15) is 9.59 Å². The molecule has 3 heterocycles. The summed E-state index contributed by atoms with van der Waals surface area (Å²) < 4.78 is 1.93. The van der Waals surface area contributed by atoms with Gasteiger partial charge in [0.1, 0.15) is 11.3 Å². The number of anilines is 1. The number of rotatable bonds is 4. The molecule has 1 N–H and O–H groups in total. The highest BCUT2D eigenvalue weighted by molar-refractivity contribution is 6.04. The van der Waals surface area contributed by atoms with Gasteiger partial charge in [-0.15, -0.1) is 0 Å². The van der Waals surface area contributed by atoms with Crippen LogP contribution in [0, 0.1) is 0 Å². The van der Waals surface area contributed by atoms with Crippen LogP contribution in [0.4, 0.5) is 5.69 Å². The average Bonchev–Trinajstić information content (AvgIpc) is 3.10. The third-order valence-electron chi connectivity index (χ3n) is 4.03. The largest absolute Gasteiger partial charge is 0.302 e. The van der Waals surface area contributed by atoms with Crippen molar-refractivity contribution in [2.75, 3.05) is 4.90 Å². The summed E-state index contributed by atoms with van der Waals surface area (Å²) >= 11 is 0. The normalized spacial score (nSPS) is 10.8. The molecule has 0 unspecified atom stereocenters. The minimum Gasteiger partial charge on any atom is -0.302 e. The number of pyridine rings is 1. The molecule has 0 bridgehead atoms. The van der Waals surface area contributed by atoms with Gasteiger partial charge in [-0.3, -0.25) is 9.59 Å². The highest BCUT2D eigenvalue weighted by atomic mass is 16.2. The molecular weight excluding hydrogens is 330 g/mol. The lowest BCUT2D eigenvalue weighted by atomic mass is 10.2. The Morgan fingerprint density at radius 1 is 1.04 bits per heavy atom. The monoisotopic (exact) mass is 345 g/mol. The first-order valence-electron chi connectivity index (χ1n) is 8.06. The van der Waals surface area contributed by atoms with Gasteiger partial charge in [-0.2, -0.15) is 5.10 Å². The van der Waals surface area contributed by atoms with Crippen LogP contribution in [0.15, 0.2) is 77.9 Å². The van der Waals surface area contributed by atoms with Gasteiger partial charge in [-0.05, 0) is 30.3 Å². The van der Waals surface area contributed by atoms with Gasteiger partial charge in [-0.25, -0.2) is 10.1 Å². The Hall–Kier alpha value is -3.74. The fraction of sp³-hybridized carbons (Fsp3) is 0.0526. The van der Waals surface area contributed by atoms with Gasteiger partial charge in [0.05, 0.1) is 18.4 Å². The fourth-order valence-electron chi connectivity index (χ4n) is 2.75. The molecule has 0 atom stereocenters. The molecule has 7 nitrogen and oxygen atoms in total. The van der Waals surface area contributed by atoms with Crippen molar-refractivity contribution in [3.8, 4) is 0 Å². The molecule has 0 aliphatic rings. The number of nitrogens with zero attached hydrogens (tertiary/aromatic N) is 4. The molecule has 0 spiro atoms. The Morgan fingerprint density at radius 2 is 1.85 bits per heavy atom. The molecule has 128 valence electrons. The standard InChI is InChI=1S/C19H15N5O2/c25-18-10-9-16(21-22-18)19(26)24(14-6-2-1-3-7-14)13-15-12-20-17-8-4-5-11-23(15)17/h1-12H,13H2,(H,22,25). The lowest BCUT2D eigenvalue weighted by molar-refractivity contribution is 0.0979. The third kappa shape index (κ3) is 2.98. The molecule has 0 saturated carbocycles. The number of carbonyl (C=O) groups excluding carboxylic acids is 1. The highest BCUT2D eigenvalue weighted by Crippen LogP contribution is 2.19.